The van der Waals surface area contributed by atoms with Crippen LogP contribution < -0.4 is 10.1 Å². The minimum Gasteiger partial charge on any atom is -0.493 e. The lowest BCUT2D eigenvalue weighted by molar-refractivity contribution is -0.143. The average molecular weight is 319 g/mol. The lowest BCUT2D eigenvalue weighted by Crippen LogP contribution is -2.42. The Morgan fingerprint density at radius 1 is 1.22 bits per heavy atom. The summed E-state index contributed by atoms with van der Waals surface area (Å²) >= 11 is 0. The predicted molar refractivity (Wildman–Crippen MR) is 87.4 cm³/mol. The monoisotopic (exact) mass is 319 g/mol. The van der Waals surface area contributed by atoms with Crippen molar-refractivity contribution in [3.8, 4) is 5.75 Å². The van der Waals surface area contributed by atoms with Gasteiger partial charge in [0.25, 0.3) is 5.91 Å². The molecule has 5 heteroatoms. The van der Waals surface area contributed by atoms with Gasteiger partial charge < -0.3 is 14.8 Å². The summed E-state index contributed by atoms with van der Waals surface area (Å²) in [6.07, 6.45) is 3.03. The first-order valence-electron chi connectivity index (χ1n) is 8.11. The van der Waals surface area contributed by atoms with Gasteiger partial charge in [0.2, 0.25) is 0 Å². The average Bonchev–Trinajstić information content (AvgIpc) is 3.35. The highest BCUT2D eigenvalue weighted by Crippen LogP contribution is 2.29. The number of nitrogens with one attached hydrogen (secondary N) is 1. The Kier molecular flexibility index (Phi) is 6.02. The van der Waals surface area contributed by atoms with Crippen LogP contribution in [0.4, 0.5) is 0 Å². The molecule has 1 saturated carbocycles. The first-order chi connectivity index (χ1) is 11.0. The van der Waals surface area contributed by atoms with Crippen LogP contribution in [0.25, 0.3) is 0 Å². The van der Waals surface area contributed by atoms with Crippen molar-refractivity contribution < 1.29 is 19.1 Å². The number of carbonyl (C=O) groups is 2. The number of methoxy groups -OCH3 is 1. The van der Waals surface area contributed by atoms with E-state index in [4.69, 9.17) is 9.47 Å². The molecule has 1 aliphatic rings. The van der Waals surface area contributed by atoms with Crippen LogP contribution in [-0.2, 0) is 9.53 Å². The van der Waals surface area contributed by atoms with Gasteiger partial charge in [0, 0.05) is 5.56 Å². The second kappa shape index (κ2) is 7.99. The highest BCUT2D eigenvalue weighted by molar-refractivity contribution is 5.96. The first-order valence-corrected chi connectivity index (χ1v) is 8.11. The number of hydrogen-bond donors (Lipinski definition) is 1. The van der Waals surface area contributed by atoms with Crippen LogP contribution in [0.1, 0.15) is 43.5 Å². The number of carbonyl (C=O) groups excluding carboxylic acids is 2. The Labute approximate surface area is 137 Å². The van der Waals surface area contributed by atoms with Crippen LogP contribution in [-0.4, -0.2) is 31.6 Å². The third-order valence-corrected chi connectivity index (χ3v) is 3.80. The minimum atomic E-state index is -0.627. The van der Waals surface area contributed by atoms with Gasteiger partial charge in [0.15, 0.2) is 0 Å². The maximum absolute atomic E-state index is 12.3. The lowest BCUT2D eigenvalue weighted by Gasteiger charge is -2.18. The molecule has 23 heavy (non-hydrogen) atoms. The molecule has 126 valence electrons. The minimum absolute atomic E-state index is 0.276. The lowest BCUT2D eigenvalue weighted by atomic mass is 10.0. The normalized spacial score (nSPS) is 15.1. The zero-order valence-corrected chi connectivity index (χ0v) is 14.0. The topological polar surface area (TPSA) is 64.6 Å². The highest BCUT2D eigenvalue weighted by Gasteiger charge is 2.23. The fraction of sp³-hybridized carbons (Fsp3) is 0.556. The van der Waals surface area contributed by atoms with E-state index >= 15 is 0 Å². The van der Waals surface area contributed by atoms with E-state index in [2.05, 4.69) is 5.32 Å². The summed E-state index contributed by atoms with van der Waals surface area (Å²) in [4.78, 5) is 24.1. The number of hydrogen-bond acceptors (Lipinski definition) is 4. The molecule has 2 rings (SSSR count). The summed E-state index contributed by atoms with van der Waals surface area (Å²) < 4.78 is 10.4. The van der Waals surface area contributed by atoms with Gasteiger partial charge in [-0.15, -0.1) is 0 Å². The SMILES string of the molecule is COC(=O)C(CC(C)C)NC(=O)c1ccc(OCC2CC2)cc1. The van der Waals surface area contributed by atoms with E-state index in [-0.39, 0.29) is 11.8 Å². The molecule has 1 N–H and O–H groups in total. The van der Waals surface area contributed by atoms with Gasteiger partial charge in [0.05, 0.1) is 13.7 Å². The smallest absolute Gasteiger partial charge is 0.328 e. The van der Waals surface area contributed by atoms with Gasteiger partial charge in [0.1, 0.15) is 11.8 Å². The largest absolute Gasteiger partial charge is 0.493 e. The van der Waals surface area contributed by atoms with Crippen LogP contribution in [0, 0.1) is 11.8 Å². The molecule has 0 radical (unpaired) electrons. The Hall–Kier alpha value is -2.04. The van der Waals surface area contributed by atoms with E-state index in [9.17, 15) is 9.59 Å². The maximum Gasteiger partial charge on any atom is 0.328 e. The molecule has 1 aromatic rings. The standard InChI is InChI=1S/C18H25NO4/c1-12(2)10-16(18(21)22-3)19-17(20)14-6-8-15(9-7-14)23-11-13-4-5-13/h6-9,12-13,16H,4-5,10-11H2,1-3H3,(H,19,20). The van der Waals surface area contributed by atoms with Crippen LogP contribution in [0.2, 0.25) is 0 Å². The zero-order valence-electron chi connectivity index (χ0n) is 14.0. The Morgan fingerprint density at radius 3 is 2.39 bits per heavy atom. The van der Waals surface area contributed by atoms with Crippen LogP contribution >= 0.6 is 0 Å². The molecule has 1 fully saturated rings. The molecule has 1 aliphatic carbocycles. The third-order valence-electron chi connectivity index (χ3n) is 3.80. The second-order valence-electron chi connectivity index (χ2n) is 6.46. The van der Waals surface area contributed by atoms with Crippen molar-refractivity contribution in [3.05, 3.63) is 29.8 Å². The quantitative estimate of drug-likeness (QED) is 0.748. The van der Waals surface area contributed by atoms with Crippen molar-refractivity contribution in [2.24, 2.45) is 11.8 Å². The Bertz CT molecular complexity index is 534. The molecule has 0 aliphatic heterocycles. The van der Waals surface area contributed by atoms with Crippen molar-refractivity contribution in [1.82, 2.24) is 5.32 Å². The van der Waals surface area contributed by atoms with E-state index < -0.39 is 12.0 Å². The van der Waals surface area contributed by atoms with E-state index in [0.29, 0.717) is 17.9 Å². The Balaban J connectivity index is 1.93. The molecular weight excluding hydrogens is 294 g/mol. The van der Waals surface area contributed by atoms with E-state index in [1.807, 2.05) is 13.8 Å². The summed E-state index contributed by atoms with van der Waals surface area (Å²) in [5.74, 6) is 1.03. The summed E-state index contributed by atoms with van der Waals surface area (Å²) in [5, 5.41) is 2.74. The molecule has 0 heterocycles. The number of amides is 1. The first kappa shape index (κ1) is 17.3. The molecule has 0 aromatic heterocycles. The predicted octanol–water partition coefficient (Wildman–Crippen LogP) is 2.79. The van der Waals surface area contributed by atoms with Gasteiger partial charge in [-0.05, 0) is 55.4 Å². The number of benzene rings is 1. The molecule has 1 atom stereocenters. The van der Waals surface area contributed by atoms with Gasteiger partial charge in [-0.1, -0.05) is 13.8 Å². The van der Waals surface area contributed by atoms with Crippen molar-refractivity contribution in [1.29, 1.82) is 0 Å². The van der Waals surface area contributed by atoms with Crippen molar-refractivity contribution >= 4 is 11.9 Å². The highest BCUT2D eigenvalue weighted by atomic mass is 16.5. The molecule has 1 unspecified atom stereocenters. The van der Waals surface area contributed by atoms with Crippen molar-refractivity contribution in [2.45, 2.75) is 39.2 Å². The number of esters is 1. The Morgan fingerprint density at radius 2 is 1.87 bits per heavy atom. The van der Waals surface area contributed by atoms with E-state index in [1.54, 1.807) is 24.3 Å². The van der Waals surface area contributed by atoms with Crippen LogP contribution in [0.15, 0.2) is 24.3 Å². The summed E-state index contributed by atoms with van der Waals surface area (Å²) in [6.45, 7) is 4.73. The second-order valence-corrected chi connectivity index (χ2v) is 6.46. The van der Waals surface area contributed by atoms with E-state index in [1.165, 1.54) is 20.0 Å². The van der Waals surface area contributed by atoms with Gasteiger partial charge >= 0.3 is 5.97 Å². The molecule has 5 nitrogen and oxygen atoms in total. The van der Waals surface area contributed by atoms with Crippen LogP contribution in [0.3, 0.4) is 0 Å². The van der Waals surface area contributed by atoms with Crippen molar-refractivity contribution in [2.75, 3.05) is 13.7 Å². The number of rotatable bonds is 8. The maximum atomic E-state index is 12.3. The zero-order chi connectivity index (χ0) is 16.8. The summed E-state index contributed by atoms with van der Waals surface area (Å²) in [7, 11) is 1.33. The molecule has 1 amide bonds. The fourth-order valence-corrected chi connectivity index (χ4v) is 2.27. The molecule has 0 saturated heterocycles. The summed E-state index contributed by atoms with van der Waals surface area (Å²) in [5.41, 5.74) is 0.501. The molecule has 1 aromatic carbocycles. The third kappa shape index (κ3) is 5.58. The van der Waals surface area contributed by atoms with E-state index in [0.717, 1.165) is 12.4 Å². The fourth-order valence-electron chi connectivity index (χ4n) is 2.27. The molecule has 0 spiro atoms. The van der Waals surface area contributed by atoms with Gasteiger partial charge in [-0.25, -0.2) is 4.79 Å². The summed E-state index contributed by atoms with van der Waals surface area (Å²) in [6, 6.07) is 6.36. The molecular formula is C18H25NO4. The van der Waals surface area contributed by atoms with Crippen LogP contribution in [0.5, 0.6) is 5.75 Å². The molecule has 0 bridgehead atoms. The van der Waals surface area contributed by atoms with Gasteiger partial charge in [-0.3, -0.25) is 4.79 Å². The van der Waals surface area contributed by atoms with Gasteiger partial charge in [-0.2, -0.15) is 0 Å². The number of ether oxygens (including phenoxy) is 2. The van der Waals surface area contributed by atoms with Crippen molar-refractivity contribution in [3.63, 3.8) is 0 Å².